The Kier molecular flexibility index (Phi) is 7.53. The molecule has 1 aliphatic rings. The Morgan fingerprint density at radius 2 is 1.35 bits per heavy atom. The SMILES string of the molecule is COc1ccc(-c2nc(SCCC(=O)N3c4ccccc4Sc4ccccc43)[nH]c2-c2ccc(OC)cc2)cc1. The minimum Gasteiger partial charge on any atom is -0.497 e. The van der Waals surface area contributed by atoms with Crippen molar-refractivity contribution in [2.24, 2.45) is 0 Å². The van der Waals surface area contributed by atoms with E-state index in [0.717, 1.165) is 60.3 Å². The number of hydrogen-bond donors (Lipinski definition) is 1. The van der Waals surface area contributed by atoms with Crippen LogP contribution in [0.5, 0.6) is 11.5 Å². The zero-order valence-corrected chi connectivity index (χ0v) is 23.7. The van der Waals surface area contributed by atoms with E-state index in [1.165, 1.54) is 0 Å². The number of hydrogen-bond acceptors (Lipinski definition) is 6. The van der Waals surface area contributed by atoms with Crippen molar-refractivity contribution in [2.75, 3.05) is 24.9 Å². The first-order chi connectivity index (χ1) is 19.6. The number of benzene rings is 4. The number of para-hydroxylation sites is 2. The molecule has 5 aromatic rings. The monoisotopic (exact) mass is 565 g/mol. The highest BCUT2D eigenvalue weighted by Crippen LogP contribution is 2.48. The molecule has 0 spiro atoms. The average molecular weight is 566 g/mol. The Morgan fingerprint density at radius 1 is 0.800 bits per heavy atom. The highest BCUT2D eigenvalue weighted by atomic mass is 32.2. The maximum Gasteiger partial charge on any atom is 0.232 e. The summed E-state index contributed by atoms with van der Waals surface area (Å²) in [7, 11) is 3.31. The Morgan fingerprint density at radius 3 is 1.93 bits per heavy atom. The minimum atomic E-state index is 0.0602. The molecule has 0 saturated carbocycles. The second-order valence-electron chi connectivity index (χ2n) is 9.09. The van der Waals surface area contributed by atoms with Crippen LogP contribution in [0.25, 0.3) is 22.5 Å². The number of thioether (sulfide) groups is 1. The lowest BCUT2D eigenvalue weighted by atomic mass is 10.0. The van der Waals surface area contributed by atoms with E-state index in [4.69, 9.17) is 14.5 Å². The number of nitrogens with one attached hydrogen (secondary N) is 1. The molecule has 1 N–H and O–H groups in total. The predicted octanol–water partition coefficient (Wildman–Crippen LogP) is 8.07. The van der Waals surface area contributed by atoms with Gasteiger partial charge in [0.25, 0.3) is 0 Å². The molecule has 1 aromatic heterocycles. The van der Waals surface area contributed by atoms with Crippen molar-refractivity contribution >= 4 is 40.8 Å². The smallest absolute Gasteiger partial charge is 0.232 e. The van der Waals surface area contributed by atoms with E-state index in [0.29, 0.717) is 12.2 Å². The fraction of sp³-hybridized carbons (Fsp3) is 0.125. The quantitative estimate of drug-likeness (QED) is 0.192. The molecule has 4 aromatic carbocycles. The van der Waals surface area contributed by atoms with Gasteiger partial charge in [-0.2, -0.15) is 0 Å². The molecule has 1 amide bonds. The van der Waals surface area contributed by atoms with Crippen LogP contribution in [0.3, 0.4) is 0 Å². The Labute approximate surface area is 241 Å². The lowest BCUT2D eigenvalue weighted by molar-refractivity contribution is -0.117. The van der Waals surface area contributed by atoms with Crippen molar-refractivity contribution in [3.05, 3.63) is 97.1 Å². The van der Waals surface area contributed by atoms with Gasteiger partial charge < -0.3 is 14.5 Å². The molecule has 200 valence electrons. The zero-order chi connectivity index (χ0) is 27.5. The third-order valence-electron chi connectivity index (χ3n) is 6.66. The molecule has 40 heavy (non-hydrogen) atoms. The van der Waals surface area contributed by atoms with Crippen molar-refractivity contribution in [1.29, 1.82) is 0 Å². The fourth-order valence-electron chi connectivity index (χ4n) is 4.66. The second kappa shape index (κ2) is 11.5. The van der Waals surface area contributed by atoms with Crippen LogP contribution in [-0.2, 0) is 4.79 Å². The van der Waals surface area contributed by atoms with Crippen LogP contribution in [0.4, 0.5) is 11.4 Å². The number of carbonyl (C=O) groups is 1. The number of nitrogens with zero attached hydrogens (tertiary/aromatic N) is 2. The summed E-state index contributed by atoms with van der Waals surface area (Å²) in [5, 5.41) is 0.763. The number of anilines is 2. The van der Waals surface area contributed by atoms with Gasteiger partial charge in [-0.05, 0) is 72.8 Å². The standard InChI is InChI=1S/C32H27N3O3S2/c1-37-23-15-11-21(12-16-23)30-31(22-13-17-24(38-2)18-14-22)34-32(33-30)39-20-19-29(36)35-25-7-3-5-9-27(25)40-28-10-6-4-8-26(28)35/h3-18H,19-20H2,1-2H3,(H,33,34). The topological polar surface area (TPSA) is 67.5 Å². The summed E-state index contributed by atoms with van der Waals surface area (Å²) in [4.78, 5) is 26.1. The summed E-state index contributed by atoms with van der Waals surface area (Å²) < 4.78 is 10.7. The van der Waals surface area contributed by atoms with E-state index in [9.17, 15) is 4.79 Å². The first kappa shape index (κ1) is 26.1. The molecular formula is C32H27N3O3S2. The lowest BCUT2D eigenvalue weighted by Crippen LogP contribution is -2.28. The van der Waals surface area contributed by atoms with Crippen molar-refractivity contribution in [2.45, 2.75) is 21.4 Å². The van der Waals surface area contributed by atoms with Gasteiger partial charge in [-0.25, -0.2) is 4.98 Å². The first-order valence-corrected chi connectivity index (χ1v) is 14.7. The van der Waals surface area contributed by atoms with Gasteiger partial charge in [-0.15, -0.1) is 0 Å². The zero-order valence-electron chi connectivity index (χ0n) is 22.1. The summed E-state index contributed by atoms with van der Waals surface area (Å²) in [6, 6.07) is 31.9. The Bertz CT molecular complexity index is 1540. The highest BCUT2D eigenvalue weighted by molar-refractivity contribution is 7.99. The van der Waals surface area contributed by atoms with Crippen molar-refractivity contribution < 1.29 is 14.3 Å². The van der Waals surface area contributed by atoms with Crippen LogP contribution in [0, 0.1) is 0 Å². The molecule has 0 aliphatic carbocycles. The van der Waals surface area contributed by atoms with Gasteiger partial charge >= 0.3 is 0 Å². The highest BCUT2D eigenvalue weighted by Gasteiger charge is 2.27. The van der Waals surface area contributed by atoms with Crippen LogP contribution in [0.2, 0.25) is 0 Å². The van der Waals surface area contributed by atoms with E-state index >= 15 is 0 Å². The molecule has 1 aliphatic heterocycles. The summed E-state index contributed by atoms with van der Waals surface area (Å²) in [5.41, 5.74) is 5.60. The third-order valence-corrected chi connectivity index (χ3v) is 8.67. The van der Waals surface area contributed by atoms with E-state index in [1.54, 1.807) is 37.7 Å². The lowest BCUT2D eigenvalue weighted by Gasteiger charge is -2.31. The molecule has 2 heterocycles. The molecule has 0 fully saturated rings. The molecule has 0 radical (unpaired) electrons. The number of aromatic amines is 1. The molecule has 6 nitrogen and oxygen atoms in total. The van der Waals surface area contributed by atoms with Crippen LogP contribution in [-0.4, -0.2) is 35.8 Å². The molecule has 0 atom stereocenters. The minimum absolute atomic E-state index is 0.0602. The van der Waals surface area contributed by atoms with Crippen LogP contribution in [0.1, 0.15) is 6.42 Å². The third kappa shape index (κ3) is 5.20. The van der Waals surface area contributed by atoms with E-state index in [-0.39, 0.29) is 5.91 Å². The maximum atomic E-state index is 13.6. The molecular weight excluding hydrogens is 539 g/mol. The van der Waals surface area contributed by atoms with Crippen LogP contribution in [0.15, 0.2) is 112 Å². The van der Waals surface area contributed by atoms with E-state index in [2.05, 4.69) is 17.1 Å². The second-order valence-corrected chi connectivity index (χ2v) is 11.3. The summed E-state index contributed by atoms with van der Waals surface area (Å²) in [6.07, 6.45) is 0.369. The predicted molar refractivity (Wildman–Crippen MR) is 162 cm³/mol. The molecule has 0 saturated heterocycles. The normalized spacial score (nSPS) is 12.0. The fourth-order valence-corrected chi connectivity index (χ4v) is 6.52. The Hall–Kier alpha value is -4.14. The van der Waals surface area contributed by atoms with Crippen LogP contribution >= 0.6 is 23.5 Å². The number of rotatable bonds is 8. The van der Waals surface area contributed by atoms with Crippen LogP contribution < -0.4 is 14.4 Å². The van der Waals surface area contributed by atoms with Gasteiger partial charge in [0.2, 0.25) is 5.91 Å². The maximum absolute atomic E-state index is 13.6. The molecule has 0 unspecified atom stereocenters. The van der Waals surface area contributed by atoms with Gasteiger partial charge in [0.05, 0.1) is 37.0 Å². The van der Waals surface area contributed by atoms with Gasteiger partial charge in [-0.1, -0.05) is 47.8 Å². The number of carbonyl (C=O) groups excluding carboxylic acids is 1. The van der Waals surface area contributed by atoms with Gasteiger partial charge in [0.15, 0.2) is 5.16 Å². The average Bonchev–Trinajstić information content (AvgIpc) is 3.44. The number of ether oxygens (including phenoxy) is 2. The van der Waals surface area contributed by atoms with Gasteiger partial charge in [0.1, 0.15) is 11.5 Å². The first-order valence-electron chi connectivity index (χ1n) is 12.8. The van der Waals surface area contributed by atoms with Crippen molar-refractivity contribution in [3.8, 4) is 34.0 Å². The van der Waals surface area contributed by atoms with Gasteiger partial charge in [-0.3, -0.25) is 9.69 Å². The molecule has 6 rings (SSSR count). The van der Waals surface area contributed by atoms with E-state index in [1.807, 2.05) is 89.8 Å². The summed E-state index contributed by atoms with van der Waals surface area (Å²) >= 11 is 3.25. The summed E-state index contributed by atoms with van der Waals surface area (Å²) in [5.74, 6) is 2.23. The molecule has 8 heteroatoms. The number of fused-ring (bicyclic) bond motifs is 2. The number of amides is 1. The van der Waals surface area contributed by atoms with Crippen molar-refractivity contribution in [1.82, 2.24) is 9.97 Å². The van der Waals surface area contributed by atoms with Crippen molar-refractivity contribution in [3.63, 3.8) is 0 Å². The Balaban J connectivity index is 1.24. The molecule has 0 bridgehead atoms. The van der Waals surface area contributed by atoms with E-state index < -0.39 is 0 Å². The number of methoxy groups -OCH3 is 2. The summed E-state index contributed by atoms with van der Waals surface area (Å²) in [6.45, 7) is 0. The number of imidazole rings is 1. The largest absolute Gasteiger partial charge is 0.497 e. The van der Waals surface area contributed by atoms with Gasteiger partial charge in [0, 0.05) is 33.1 Å². The number of H-pyrrole nitrogens is 1. The number of aromatic nitrogens is 2.